The second-order valence-corrected chi connectivity index (χ2v) is 4.77. The number of nitrogens with zero attached hydrogens (tertiary/aromatic N) is 1. The van der Waals surface area contributed by atoms with E-state index in [2.05, 4.69) is 10.3 Å². The van der Waals surface area contributed by atoms with Crippen LogP contribution in [0, 0.1) is 13.8 Å². The summed E-state index contributed by atoms with van der Waals surface area (Å²) in [5, 5.41) is 11.6. The van der Waals surface area contributed by atoms with Crippen molar-refractivity contribution in [2.45, 2.75) is 20.4 Å². The van der Waals surface area contributed by atoms with Gasteiger partial charge in [-0.15, -0.1) is 0 Å². The molecule has 5 heteroatoms. The minimum absolute atomic E-state index is 0.192. The highest BCUT2D eigenvalue weighted by Crippen LogP contribution is 2.08. The summed E-state index contributed by atoms with van der Waals surface area (Å²) >= 11 is 0. The maximum Gasteiger partial charge on any atom is 0.335 e. The number of carboxylic acid groups (broad SMARTS) is 1. The van der Waals surface area contributed by atoms with Crippen molar-refractivity contribution in [1.82, 2.24) is 10.3 Å². The van der Waals surface area contributed by atoms with Crippen molar-refractivity contribution >= 4 is 11.9 Å². The molecule has 2 rings (SSSR count). The molecule has 1 heterocycles. The third kappa shape index (κ3) is 3.66. The number of carbonyl (C=O) groups excluding carboxylic acids is 1. The summed E-state index contributed by atoms with van der Waals surface area (Å²) in [5.74, 6) is -1.16. The van der Waals surface area contributed by atoms with Gasteiger partial charge in [-0.25, -0.2) is 4.79 Å². The van der Waals surface area contributed by atoms with Crippen molar-refractivity contribution in [1.29, 1.82) is 0 Å². The molecule has 0 aliphatic carbocycles. The number of nitrogens with one attached hydrogen (secondary N) is 1. The topological polar surface area (TPSA) is 79.3 Å². The van der Waals surface area contributed by atoms with E-state index in [1.807, 2.05) is 6.92 Å². The number of carbonyl (C=O) groups is 2. The fourth-order valence-electron chi connectivity index (χ4n) is 1.97. The highest BCUT2D eigenvalue weighted by molar-refractivity contribution is 5.95. The van der Waals surface area contributed by atoms with Crippen LogP contribution in [0.5, 0.6) is 0 Å². The number of amides is 1. The Balaban J connectivity index is 2.02. The van der Waals surface area contributed by atoms with E-state index in [-0.39, 0.29) is 11.5 Å². The van der Waals surface area contributed by atoms with Gasteiger partial charge in [0.05, 0.1) is 16.8 Å². The summed E-state index contributed by atoms with van der Waals surface area (Å²) in [7, 11) is 0. The molecule has 0 saturated heterocycles. The van der Waals surface area contributed by atoms with Crippen LogP contribution in [0.15, 0.2) is 36.4 Å². The van der Waals surface area contributed by atoms with Gasteiger partial charge >= 0.3 is 5.97 Å². The maximum atomic E-state index is 12.1. The van der Waals surface area contributed by atoms with E-state index < -0.39 is 5.97 Å². The molecule has 1 amide bonds. The highest BCUT2D eigenvalue weighted by atomic mass is 16.4. The fraction of sp³-hybridized carbons (Fsp3) is 0.188. The molecule has 0 unspecified atom stereocenters. The first-order valence-corrected chi connectivity index (χ1v) is 6.52. The summed E-state index contributed by atoms with van der Waals surface area (Å²) in [4.78, 5) is 27.1. The van der Waals surface area contributed by atoms with Crippen LogP contribution in [0.4, 0.5) is 0 Å². The van der Waals surface area contributed by atoms with E-state index >= 15 is 0 Å². The Bertz CT molecular complexity index is 678. The predicted molar refractivity (Wildman–Crippen MR) is 78.3 cm³/mol. The molecule has 0 radical (unpaired) electrons. The fourth-order valence-corrected chi connectivity index (χ4v) is 1.97. The molecule has 0 aliphatic rings. The quantitative estimate of drug-likeness (QED) is 0.903. The Kier molecular flexibility index (Phi) is 4.33. The summed E-state index contributed by atoms with van der Waals surface area (Å²) in [6.45, 7) is 4.01. The molecule has 0 atom stereocenters. The minimum Gasteiger partial charge on any atom is -0.478 e. The lowest BCUT2D eigenvalue weighted by atomic mass is 10.1. The Hall–Kier alpha value is -2.69. The SMILES string of the molecule is Cc1ccc(C(=O)NCc2ccc(C(=O)O)cc2)c(C)n1. The second-order valence-electron chi connectivity index (χ2n) is 4.77. The number of rotatable bonds is 4. The number of benzene rings is 1. The van der Waals surface area contributed by atoms with Crippen LogP contribution in [0.25, 0.3) is 0 Å². The molecular formula is C16H16N2O3. The van der Waals surface area contributed by atoms with Crippen LogP contribution < -0.4 is 5.32 Å². The monoisotopic (exact) mass is 284 g/mol. The van der Waals surface area contributed by atoms with Gasteiger partial charge in [0.2, 0.25) is 0 Å². The zero-order valence-corrected chi connectivity index (χ0v) is 11.9. The molecule has 1 aromatic heterocycles. The lowest BCUT2D eigenvalue weighted by Crippen LogP contribution is -2.24. The standard InChI is InChI=1S/C16H16N2O3/c1-10-3-8-14(11(2)18-10)15(19)17-9-12-4-6-13(7-5-12)16(20)21/h3-8H,9H2,1-2H3,(H,17,19)(H,20,21). The van der Waals surface area contributed by atoms with Crippen LogP contribution in [-0.2, 0) is 6.54 Å². The molecule has 2 N–H and O–H groups in total. The predicted octanol–water partition coefficient (Wildman–Crippen LogP) is 2.33. The van der Waals surface area contributed by atoms with E-state index in [4.69, 9.17) is 5.11 Å². The maximum absolute atomic E-state index is 12.1. The van der Waals surface area contributed by atoms with Crippen molar-refractivity contribution < 1.29 is 14.7 Å². The highest BCUT2D eigenvalue weighted by Gasteiger charge is 2.10. The first-order chi connectivity index (χ1) is 9.97. The lowest BCUT2D eigenvalue weighted by Gasteiger charge is -2.08. The van der Waals surface area contributed by atoms with Gasteiger partial charge in [0.1, 0.15) is 0 Å². The first kappa shape index (κ1) is 14.7. The zero-order chi connectivity index (χ0) is 15.4. The first-order valence-electron chi connectivity index (χ1n) is 6.52. The Labute approximate surface area is 122 Å². The number of aromatic carboxylic acids is 1. The van der Waals surface area contributed by atoms with Crippen molar-refractivity contribution in [3.8, 4) is 0 Å². The number of aryl methyl sites for hydroxylation is 2. The molecule has 2 aromatic rings. The van der Waals surface area contributed by atoms with Crippen molar-refractivity contribution in [2.75, 3.05) is 0 Å². The largest absolute Gasteiger partial charge is 0.478 e. The summed E-state index contributed by atoms with van der Waals surface area (Å²) in [6.07, 6.45) is 0. The third-order valence-electron chi connectivity index (χ3n) is 3.12. The van der Waals surface area contributed by atoms with Gasteiger partial charge in [-0.05, 0) is 43.7 Å². The van der Waals surface area contributed by atoms with Gasteiger partial charge in [-0.3, -0.25) is 9.78 Å². The Morgan fingerprint density at radius 1 is 1.10 bits per heavy atom. The smallest absolute Gasteiger partial charge is 0.335 e. The van der Waals surface area contributed by atoms with E-state index in [0.717, 1.165) is 11.3 Å². The molecule has 0 saturated carbocycles. The zero-order valence-electron chi connectivity index (χ0n) is 11.9. The molecule has 108 valence electrons. The van der Waals surface area contributed by atoms with E-state index in [1.54, 1.807) is 31.2 Å². The van der Waals surface area contributed by atoms with E-state index in [1.165, 1.54) is 12.1 Å². The minimum atomic E-state index is -0.966. The van der Waals surface area contributed by atoms with E-state index in [9.17, 15) is 9.59 Å². The van der Waals surface area contributed by atoms with Gasteiger partial charge in [-0.1, -0.05) is 12.1 Å². The van der Waals surface area contributed by atoms with Crippen LogP contribution in [0.1, 0.15) is 37.7 Å². The van der Waals surface area contributed by atoms with Gasteiger partial charge in [0.25, 0.3) is 5.91 Å². The van der Waals surface area contributed by atoms with Crippen LogP contribution in [-0.4, -0.2) is 22.0 Å². The van der Waals surface area contributed by atoms with E-state index in [0.29, 0.717) is 17.8 Å². The summed E-state index contributed by atoms with van der Waals surface area (Å²) in [6, 6.07) is 9.95. The number of aromatic nitrogens is 1. The number of hydrogen-bond donors (Lipinski definition) is 2. The molecule has 0 spiro atoms. The average molecular weight is 284 g/mol. The molecule has 21 heavy (non-hydrogen) atoms. The number of hydrogen-bond acceptors (Lipinski definition) is 3. The third-order valence-corrected chi connectivity index (χ3v) is 3.12. The molecule has 5 nitrogen and oxygen atoms in total. The van der Waals surface area contributed by atoms with Crippen molar-refractivity contribution in [3.63, 3.8) is 0 Å². The van der Waals surface area contributed by atoms with Crippen molar-refractivity contribution in [2.24, 2.45) is 0 Å². The second kappa shape index (κ2) is 6.17. The average Bonchev–Trinajstić information content (AvgIpc) is 2.45. The van der Waals surface area contributed by atoms with Gasteiger partial charge in [-0.2, -0.15) is 0 Å². The van der Waals surface area contributed by atoms with Crippen LogP contribution in [0.3, 0.4) is 0 Å². The number of carboxylic acids is 1. The molecule has 0 bridgehead atoms. The molecular weight excluding hydrogens is 268 g/mol. The van der Waals surface area contributed by atoms with Gasteiger partial charge in [0, 0.05) is 12.2 Å². The molecule has 0 fully saturated rings. The van der Waals surface area contributed by atoms with Crippen LogP contribution >= 0.6 is 0 Å². The van der Waals surface area contributed by atoms with Gasteiger partial charge in [0.15, 0.2) is 0 Å². The number of pyridine rings is 1. The normalized spacial score (nSPS) is 10.2. The Morgan fingerprint density at radius 3 is 2.33 bits per heavy atom. The van der Waals surface area contributed by atoms with Gasteiger partial charge < -0.3 is 10.4 Å². The van der Waals surface area contributed by atoms with Crippen LogP contribution in [0.2, 0.25) is 0 Å². The molecule has 1 aromatic carbocycles. The summed E-state index contributed by atoms with van der Waals surface area (Å²) < 4.78 is 0. The molecule has 0 aliphatic heterocycles. The Morgan fingerprint density at radius 2 is 1.76 bits per heavy atom. The van der Waals surface area contributed by atoms with Crippen molar-refractivity contribution in [3.05, 3.63) is 64.5 Å². The summed E-state index contributed by atoms with van der Waals surface area (Å²) in [5.41, 5.74) is 3.17. The lowest BCUT2D eigenvalue weighted by molar-refractivity contribution is 0.0696.